The predicted molar refractivity (Wildman–Crippen MR) is 168 cm³/mol. The second-order valence-electron chi connectivity index (χ2n) is 10.3. The molecule has 0 aliphatic carbocycles. The van der Waals surface area contributed by atoms with Crippen LogP contribution in [0.3, 0.4) is 0 Å². The summed E-state index contributed by atoms with van der Waals surface area (Å²) in [5.41, 5.74) is 1.73. The number of methoxy groups -OCH3 is 1. The molecular weight excluding hydrogens is 592 g/mol. The summed E-state index contributed by atoms with van der Waals surface area (Å²) in [7, 11) is 1.55. The van der Waals surface area contributed by atoms with Gasteiger partial charge in [-0.3, -0.25) is 9.36 Å². The van der Waals surface area contributed by atoms with Crippen molar-refractivity contribution in [2.45, 2.75) is 66.7 Å². The predicted octanol–water partition coefficient (Wildman–Crippen LogP) is 5.43. The average Bonchev–Trinajstić information content (AvgIpc) is 3.23. The third-order valence-electron chi connectivity index (χ3n) is 6.37. The van der Waals surface area contributed by atoms with Gasteiger partial charge < -0.3 is 23.7 Å². The lowest BCUT2D eigenvalue weighted by Crippen LogP contribution is -2.40. The van der Waals surface area contributed by atoms with Gasteiger partial charge in [0.15, 0.2) is 27.8 Å². The fourth-order valence-corrected chi connectivity index (χ4v) is 6.06. The van der Waals surface area contributed by atoms with E-state index in [4.69, 9.17) is 35.3 Å². The number of rotatable bonds is 11. The molecule has 0 saturated heterocycles. The fourth-order valence-electron chi connectivity index (χ4n) is 4.75. The van der Waals surface area contributed by atoms with E-state index in [0.29, 0.717) is 60.8 Å². The van der Waals surface area contributed by atoms with E-state index in [1.807, 2.05) is 40.7 Å². The maximum absolute atomic E-state index is 14.1. The number of aromatic nitrogens is 1. The van der Waals surface area contributed by atoms with Gasteiger partial charge in [0.05, 0.1) is 59.4 Å². The first-order valence-electron chi connectivity index (χ1n) is 14.2. The van der Waals surface area contributed by atoms with E-state index in [9.17, 15) is 9.59 Å². The number of esters is 1. The van der Waals surface area contributed by atoms with Crippen molar-refractivity contribution < 1.29 is 28.5 Å². The minimum atomic E-state index is -0.802. The highest BCUT2D eigenvalue weighted by atomic mass is 35.5. The van der Waals surface area contributed by atoms with Gasteiger partial charge in [0.25, 0.3) is 5.56 Å². The van der Waals surface area contributed by atoms with Crippen LogP contribution >= 0.6 is 22.9 Å². The van der Waals surface area contributed by atoms with Crippen molar-refractivity contribution in [3.8, 4) is 23.0 Å². The van der Waals surface area contributed by atoms with Gasteiger partial charge in [-0.2, -0.15) is 0 Å². The second-order valence-corrected chi connectivity index (χ2v) is 11.7. The van der Waals surface area contributed by atoms with Crippen LogP contribution in [0.1, 0.15) is 65.6 Å². The van der Waals surface area contributed by atoms with Crippen LogP contribution in [0.25, 0.3) is 6.08 Å². The molecule has 3 aromatic rings. The Morgan fingerprint density at radius 3 is 2.40 bits per heavy atom. The number of hydrogen-bond acceptors (Lipinski definition) is 9. The van der Waals surface area contributed by atoms with Crippen molar-refractivity contribution in [2.75, 3.05) is 20.3 Å². The molecule has 0 unspecified atom stereocenters. The monoisotopic (exact) mass is 628 g/mol. The summed E-state index contributed by atoms with van der Waals surface area (Å²) < 4.78 is 30.5. The van der Waals surface area contributed by atoms with Crippen molar-refractivity contribution >= 4 is 35.0 Å². The molecule has 1 aliphatic heterocycles. The van der Waals surface area contributed by atoms with E-state index in [-0.39, 0.29) is 29.9 Å². The van der Waals surface area contributed by atoms with Gasteiger partial charge in [0.1, 0.15) is 0 Å². The molecule has 0 amide bonds. The van der Waals surface area contributed by atoms with E-state index >= 15 is 0 Å². The summed E-state index contributed by atoms with van der Waals surface area (Å²) in [6, 6.07) is 8.09. The lowest BCUT2D eigenvalue weighted by molar-refractivity contribution is -0.139. The van der Waals surface area contributed by atoms with Gasteiger partial charge in [0.2, 0.25) is 0 Å². The normalized spacial score (nSPS) is 15.0. The van der Waals surface area contributed by atoms with Crippen molar-refractivity contribution in [2.24, 2.45) is 4.99 Å². The van der Waals surface area contributed by atoms with Crippen LogP contribution in [0.2, 0.25) is 5.02 Å². The summed E-state index contributed by atoms with van der Waals surface area (Å²) in [6.07, 6.45) is 1.56. The zero-order valence-corrected chi connectivity index (χ0v) is 27.2. The Balaban J connectivity index is 1.92. The van der Waals surface area contributed by atoms with Crippen LogP contribution in [0.4, 0.5) is 0 Å². The summed E-state index contributed by atoms with van der Waals surface area (Å²) in [5.74, 6) is 1.42. The van der Waals surface area contributed by atoms with Gasteiger partial charge in [-0.1, -0.05) is 29.0 Å². The van der Waals surface area contributed by atoms with Gasteiger partial charge >= 0.3 is 5.97 Å². The number of carbonyl (C=O) groups excluding carboxylic acids is 1. The third kappa shape index (κ3) is 6.91. The van der Waals surface area contributed by atoms with E-state index in [0.717, 1.165) is 0 Å². The maximum atomic E-state index is 14.1. The first-order valence-corrected chi connectivity index (χ1v) is 15.4. The van der Waals surface area contributed by atoms with Gasteiger partial charge in [-0.25, -0.2) is 9.79 Å². The Labute approximate surface area is 260 Å². The molecular formula is C32H37ClN2O7S. The Morgan fingerprint density at radius 1 is 1.05 bits per heavy atom. The number of hydrogen-bond donors (Lipinski definition) is 0. The molecule has 1 aromatic heterocycles. The molecule has 43 heavy (non-hydrogen) atoms. The van der Waals surface area contributed by atoms with E-state index in [2.05, 4.69) is 4.99 Å². The zero-order valence-electron chi connectivity index (χ0n) is 25.6. The second kappa shape index (κ2) is 13.7. The van der Waals surface area contributed by atoms with Gasteiger partial charge in [-0.05, 0) is 89.9 Å². The molecule has 0 fully saturated rings. The number of benzene rings is 2. The average molecular weight is 629 g/mol. The highest BCUT2D eigenvalue weighted by Crippen LogP contribution is 2.38. The molecule has 0 spiro atoms. The topological polar surface area (TPSA) is 97.6 Å². The molecule has 2 aromatic carbocycles. The minimum Gasteiger partial charge on any atom is -0.493 e. The lowest BCUT2D eigenvalue weighted by atomic mass is 9.95. The van der Waals surface area contributed by atoms with Crippen LogP contribution in [-0.2, 0) is 9.53 Å². The number of halogens is 1. The van der Waals surface area contributed by atoms with Crippen LogP contribution in [0.5, 0.6) is 23.0 Å². The molecule has 0 radical (unpaired) electrons. The van der Waals surface area contributed by atoms with Crippen LogP contribution in [0.15, 0.2) is 51.4 Å². The number of nitrogens with zero attached hydrogens (tertiary/aromatic N) is 2. The highest BCUT2D eigenvalue weighted by molar-refractivity contribution is 7.07. The largest absolute Gasteiger partial charge is 0.493 e. The molecule has 0 saturated carbocycles. The molecule has 11 heteroatoms. The quantitative estimate of drug-likeness (QED) is 0.261. The SMILES string of the molecule is CCOC(=O)C1=C(C)N=c2s/c(=C/c3cc(Cl)c(OC(C)C)c(OCC)c3)c(=O)n2[C@@H]1c1ccc(OC(C)C)c(OC)c1. The van der Waals surface area contributed by atoms with E-state index in [1.165, 1.54) is 15.9 Å². The maximum Gasteiger partial charge on any atom is 0.338 e. The standard InChI is InChI=1S/C32H37ClN2O7S/c1-9-39-25-14-20(13-22(33)29(25)42-18(5)6)15-26-30(36)35-28(21-11-12-23(41-17(3)4)24(16-21)38-8)27(31(37)40-10-2)19(7)34-32(35)43-26/h11-18,28H,9-10H2,1-8H3/b26-15+/t28-/m1/s1. The molecule has 1 aliphatic rings. The summed E-state index contributed by atoms with van der Waals surface area (Å²) in [6.45, 7) is 13.6. The molecule has 2 heterocycles. The van der Waals surface area contributed by atoms with Crippen LogP contribution in [0, 0.1) is 0 Å². The summed E-state index contributed by atoms with van der Waals surface area (Å²) in [5, 5.41) is 0.368. The molecule has 9 nitrogen and oxygen atoms in total. The number of carbonyl (C=O) groups is 1. The fraction of sp³-hybridized carbons (Fsp3) is 0.406. The minimum absolute atomic E-state index is 0.0718. The zero-order chi connectivity index (χ0) is 31.4. The molecule has 0 bridgehead atoms. The van der Waals surface area contributed by atoms with Crippen LogP contribution < -0.4 is 33.8 Å². The molecule has 0 N–H and O–H groups in total. The Morgan fingerprint density at radius 2 is 1.77 bits per heavy atom. The summed E-state index contributed by atoms with van der Waals surface area (Å²) in [4.78, 5) is 32.4. The third-order valence-corrected chi connectivity index (χ3v) is 7.63. The van der Waals surface area contributed by atoms with Crippen molar-refractivity contribution in [3.05, 3.63) is 77.4 Å². The van der Waals surface area contributed by atoms with Gasteiger partial charge in [0, 0.05) is 0 Å². The first kappa shape index (κ1) is 32.2. The molecule has 230 valence electrons. The molecule has 4 rings (SSSR count). The number of allylic oxidation sites excluding steroid dienone is 1. The van der Waals surface area contributed by atoms with Crippen molar-refractivity contribution in [1.82, 2.24) is 4.57 Å². The number of thiazole rings is 1. The number of ether oxygens (including phenoxy) is 5. The first-order chi connectivity index (χ1) is 20.5. The van der Waals surface area contributed by atoms with E-state index in [1.54, 1.807) is 51.3 Å². The smallest absolute Gasteiger partial charge is 0.338 e. The van der Waals surface area contributed by atoms with Crippen molar-refractivity contribution in [1.29, 1.82) is 0 Å². The number of fused-ring (bicyclic) bond motifs is 1. The van der Waals surface area contributed by atoms with Crippen LogP contribution in [-0.4, -0.2) is 43.1 Å². The Hall–Kier alpha value is -3.76. The van der Waals surface area contributed by atoms with E-state index < -0.39 is 12.0 Å². The van der Waals surface area contributed by atoms with Gasteiger partial charge in [-0.15, -0.1) is 0 Å². The van der Waals surface area contributed by atoms with Crippen molar-refractivity contribution in [3.63, 3.8) is 0 Å². The highest BCUT2D eigenvalue weighted by Gasteiger charge is 2.34. The molecule has 1 atom stereocenters. The lowest BCUT2D eigenvalue weighted by Gasteiger charge is -2.25. The Bertz CT molecular complexity index is 1720. The summed E-state index contributed by atoms with van der Waals surface area (Å²) >= 11 is 7.81. The Kier molecular flexibility index (Phi) is 10.2.